The van der Waals surface area contributed by atoms with Gasteiger partial charge in [-0.1, -0.05) is 55.2 Å². The Hall–Kier alpha value is -1.42. The fourth-order valence-corrected chi connectivity index (χ4v) is 2.77. The lowest BCUT2D eigenvalue weighted by Gasteiger charge is -2.16. The Kier molecular flexibility index (Phi) is 7.22. The number of hydrogen-bond acceptors (Lipinski definition) is 3. The minimum atomic E-state index is 0.355. The van der Waals surface area contributed by atoms with E-state index in [0.29, 0.717) is 28.3 Å². The largest absolute Gasteiger partial charge is 0.493 e. The van der Waals surface area contributed by atoms with E-state index < -0.39 is 0 Å². The average molecular weight is 368 g/mol. The molecule has 3 nitrogen and oxygen atoms in total. The molecule has 0 aliphatic rings. The van der Waals surface area contributed by atoms with Crippen LogP contribution in [0, 0.1) is 5.92 Å². The lowest BCUT2D eigenvalue weighted by Crippen LogP contribution is -2.19. The van der Waals surface area contributed by atoms with E-state index in [9.17, 15) is 0 Å². The van der Waals surface area contributed by atoms with E-state index in [0.717, 1.165) is 30.0 Å². The van der Waals surface area contributed by atoms with Crippen molar-refractivity contribution in [3.05, 3.63) is 57.6 Å². The highest BCUT2D eigenvalue weighted by atomic mass is 35.5. The maximum Gasteiger partial charge on any atom is 0.166 e. The van der Waals surface area contributed by atoms with Crippen LogP contribution in [0.2, 0.25) is 10.0 Å². The van der Waals surface area contributed by atoms with Gasteiger partial charge in [0, 0.05) is 27.7 Å². The molecule has 0 radical (unpaired) electrons. The van der Waals surface area contributed by atoms with Gasteiger partial charge in [-0.25, -0.2) is 0 Å². The van der Waals surface area contributed by atoms with E-state index in [1.165, 1.54) is 0 Å². The third-order valence-electron chi connectivity index (χ3n) is 3.54. The third-order valence-corrected chi connectivity index (χ3v) is 4.12. The van der Waals surface area contributed by atoms with Gasteiger partial charge in [0.15, 0.2) is 11.5 Å². The second-order valence-electron chi connectivity index (χ2n) is 6.00. The van der Waals surface area contributed by atoms with Gasteiger partial charge in [-0.2, -0.15) is 0 Å². The number of methoxy groups -OCH3 is 1. The van der Waals surface area contributed by atoms with Crippen molar-refractivity contribution in [2.45, 2.75) is 27.0 Å². The van der Waals surface area contributed by atoms with Crippen LogP contribution in [0.5, 0.6) is 11.5 Å². The van der Waals surface area contributed by atoms with Gasteiger partial charge in [0.2, 0.25) is 0 Å². The van der Waals surface area contributed by atoms with Gasteiger partial charge in [-0.3, -0.25) is 0 Å². The van der Waals surface area contributed by atoms with Gasteiger partial charge in [0.05, 0.1) is 7.11 Å². The molecule has 0 unspecified atom stereocenters. The Morgan fingerprint density at radius 3 is 2.54 bits per heavy atom. The second kappa shape index (κ2) is 9.16. The maximum absolute atomic E-state index is 6.22. The molecule has 2 aromatic rings. The van der Waals surface area contributed by atoms with Crippen LogP contribution in [0.4, 0.5) is 0 Å². The summed E-state index contributed by atoms with van der Waals surface area (Å²) < 4.78 is 11.5. The van der Waals surface area contributed by atoms with Crippen LogP contribution in [-0.4, -0.2) is 13.7 Å². The summed E-state index contributed by atoms with van der Waals surface area (Å²) in [6.45, 7) is 6.38. The molecule has 130 valence electrons. The van der Waals surface area contributed by atoms with Crippen molar-refractivity contribution in [2.24, 2.45) is 5.92 Å². The molecule has 5 heteroatoms. The van der Waals surface area contributed by atoms with Gasteiger partial charge >= 0.3 is 0 Å². The zero-order chi connectivity index (χ0) is 17.5. The number of para-hydroxylation sites is 1. The molecule has 0 spiro atoms. The van der Waals surface area contributed by atoms with Crippen LogP contribution < -0.4 is 14.8 Å². The molecule has 2 rings (SSSR count). The number of ether oxygens (including phenoxy) is 2. The molecule has 0 heterocycles. The molecule has 0 saturated heterocycles. The van der Waals surface area contributed by atoms with Crippen molar-refractivity contribution in [1.29, 1.82) is 0 Å². The maximum atomic E-state index is 6.22. The number of benzene rings is 2. The Balaban J connectivity index is 2.14. The Labute approximate surface area is 153 Å². The quantitative estimate of drug-likeness (QED) is 0.684. The SMILES string of the molecule is COc1cccc(CNCC(C)C)c1OCc1ccc(Cl)cc1Cl. The molecule has 0 aliphatic heterocycles. The summed E-state index contributed by atoms with van der Waals surface area (Å²) in [7, 11) is 1.64. The first-order valence-corrected chi connectivity index (χ1v) is 8.70. The summed E-state index contributed by atoms with van der Waals surface area (Å²) in [6.07, 6.45) is 0. The predicted molar refractivity (Wildman–Crippen MR) is 100 cm³/mol. The lowest BCUT2D eigenvalue weighted by molar-refractivity contribution is 0.280. The number of rotatable bonds is 8. The van der Waals surface area contributed by atoms with Crippen molar-refractivity contribution < 1.29 is 9.47 Å². The molecule has 0 aromatic heterocycles. The molecule has 1 N–H and O–H groups in total. The van der Waals surface area contributed by atoms with Crippen LogP contribution in [0.15, 0.2) is 36.4 Å². The molecule has 0 aliphatic carbocycles. The molecular formula is C19H23Cl2NO2. The molecule has 0 bridgehead atoms. The predicted octanol–water partition coefficient (Wildman–Crippen LogP) is 5.33. The fourth-order valence-electron chi connectivity index (χ4n) is 2.31. The van der Waals surface area contributed by atoms with E-state index in [1.807, 2.05) is 24.3 Å². The van der Waals surface area contributed by atoms with Gasteiger partial charge in [0.25, 0.3) is 0 Å². The molecular weight excluding hydrogens is 345 g/mol. The zero-order valence-electron chi connectivity index (χ0n) is 14.2. The summed E-state index contributed by atoms with van der Waals surface area (Å²) >= 11 is 12.2. The molecule has 0 saturated carbocycles. The van der Waals surface area contributed by atoms with Crippen molar-refractivity contribution >= 4 is 23.2 Å². The van der Waals surface area contributed by atoms with Crippen LogP contribution in [0.1, 0.15) is 25.0 Å². The van der Waals surface area contributed by atoms with E-state index in [1.54, 1.807) is 19.2 Å². The summed E-state index contributed by atoms with van der Waals surface area (Å²) in [4.78, 5) is 0. The van der Waals surface area contributed by atoms with E-state index in [4.69, 9.17) is 32.7 Å². The van der Waals surface area contributed by atoms with E-state index in [2.05, 4.69) is 19.2 Å². The topological polar surface area (TPSA) is 30.5 Å². The molecule has 0 amide bonds. The first kappa shape index (κ1) is 18.9. The zero-order valence-corrected chi connectivity index (χ0v) is 15.7. The van der Waals surface area contributed by atoms with Gasteiger partial charge in [0.1, 0.15) is 6.61 Å². The number of halogens is 2. The van der Waals surface area contributed by atoms with Crippen molar-refractivity contribution in [1.82, 2.24) is 5.32 Å². The summed E-state index contributed by atoms with van der Waals surface area (Å²) in [5, 5.41) is 4.64. The summed E-state index contributed by atoms with van der Waals surface area (Å²) in [6, 6.07) is 11.3. The lowest BCUT2D eigenvalue weighted by atomic mass is 10.1. The summed E-state index contributed by atoms with van der Waals surface area (Å²) in [5.41, 5.74) is 1.94. The standard InChI is InChI=1S/C19H23Cl2NO2/c1-13(2)10-22-11-14-5-4-6-18(23-3)19(14)24-12-15-7-8-16(20)9-17(15)21/h4-9,13,22H,10-12H2,1-3H3. The van der Waals surface area contributed by atoms with Crippen LogP contribution in [0.25, 0.3) is 0 Å². The van der Waals surface area contributed by atoms with E-state index in [-0.39, 0.29) is 0 Å². The molecule has 0 atom stereocenters. The Bertz CT molecular complexity index is 674. The van der Waals surface area contributed by atoms with Crippen molar-refractivity contribution in [2.75, 3.05) is 13.7 Å². The van der Waals surface area contributed by atoms with Crippen LogP contribution >= 0.6 is 23.2 Å². The van der Waals surface area contributed by atoms with Crippen LogP contribution in [0.3, 0.4) is 0 Å². The third kappa shape index (κ3) is 5.30. The monoisotopic (exact) mass is 367 g/mol. The molecule has 24 heavy (non-hydrogen) atoms. The minimum absolute atomic E-state index is 0.355. The Morgan fingerprint density at radius 2 is 1.88 bits per heavy atom. The summed E-state index contributed by atoms with van der Waals surface area (Å²) in [5.74, 6) is 2.04. The minimum Gasteiger partial charge on any atom is -0.493 e. The first-order chi connectivity index (χ1) is 11.5. The van der Waals surface area contributed by atoms with Crippen molar-refractivity contribution in [3.63, 3.8) is 0 Å². The van der Waals surface area contributed by atoms with Crippen LogP contribution in [-0.2, 0) is 13.2 Å². The number of hydrogen-bond donors (Lipinski definition) is 1. The Morgan fingerprint density at radius 1 is 1.08 bits per heavy atom. The average Bonchev–Trinajstić information content (AvgIpc) is 2.54. The highest BCUT2D eigenvalue weighted by Gasteiger charge is 2.12. The number of nitrogens with one attached hydrogen (secondary N) is 1. The highest BCUT2D eigenvalue weighted by Crippen LogP contribution is 2.32. The van der Waals surface area contributed by atoms with Gasteiger partial charge in [-0.15, -0.1) is 0 Å². The molecule has 2 aromatic carbocycles. The van der Waals surface area contributed by atoms with E-state index >= 15 is 0 Å². The second-order valence-corrected chi connectivity index (χ2v) is 6.84. The smallest absolute Gasteiger partial charge is 0.166 e. The highest BCUT2D eigenvalue weighted by molar-refractivity contribution is 6.35. The fraction of sp³-hybridized carbons (Fsp3) is 0.368. The van der Waals surface area contributed by atoms with Gasteiger partial charge in [-0.05, 0) is 30.7 Å². The first-order valence-electron chi connectivity index (χ1n) is 7.94. The molecule has 0 fully saturated rings. The van der Waals surface area contributed by atoms with Crippen molar-refractivity contribution in [3.8, 4) is 11.5 Å². The normalized spacial score (nSPS) is 10.9. The van der Waals surface area contributed by atoms with Gasteiger partial charge < -0.3 is 14.8 Å².